The first kappa shape index (κ1) is 20.1. The molecular weight excluding hydrogens is 370 g/mol. The summed E-state index contributed by atoms with van der Waals surface area (Å²) < 4.78 is 6.88. The topological polar surface area (TPSA) is 59.4 Å². The Morgan fingerprint density at radius 3 is 2.57 bits per heavy atom. The molecule has 0 spiro atoms. The van der Waals surface area contributed by atoms with Gasteiger partial charge in [-0.1, -0.05) is 38.1 Å². The number of rotatable bonds is 9. The molecule has 0 bridgehead atoms. The van der Waals surface area contributed by atoms with Gasteiger partial charge in [0, 0.05) is 6.42 Å². The van der Waals surface area contributed by atoms with Gasteiger partial charge in [-0.15, -0.1) is 11.3 Å². The highest BCUT2D eigenvalue weighted by Crippen LogP contribution is 2.31. The average molecular weight is 396 g/mol. The Kier molecular flexibility index (Phi) is 6.82. The smallest absolute Gasteiger partial charge is 0.303 e. The third-order valence-corrected chi connectivity index (χ3v) is 5.47. The van der Waals surface area contributed by atoms with Crippen LogP contribution in [0.4, 0.5) is 0 Å². The van der Waals surface area contributed by atoms with E-state index < -0.39 is 5.97 Å². The second kappa shape index (κ2) is 9.51. The van der Waals surface area contributed by atoms with Crippen LogP contribution in [0, 0.1) is 5.92 Å². The standard InChI is InChI=1S/C23H25NO3S/c1-16(2)13-14-27-19-10-7-17(8-11-19)15-18(9-12-22(25)26)23-24-20-5-3-4-6-21(20)28-23/h3-8,10-11,15-16H,9,12-14H2,1-2H3,(H,25,26). The van der Waals surface area contributed by atoms with Crippen LogP contribution in [-0.2, 0) is 4.79 Å². The van der Waals surface area contributed by atoms with Crippen LogP contribution in [0.15, 0.2) is 48.5 Å². The number of carboxylic acids is 1. The van der Waals surface area contributed by atoms with Crippen LogP contribution in [0.3, 0.4) is 0 Å². The van der Waals surface area contributed by atoms with E-state index in [1.807, 2.05) is 54.6 Å². The Morgan fingerprint density at radius 1 is 1.14 bits per heavy atom. The van der Waals surface area contributed by atoms with Gasteiger partial charge in [0.1, 0.15) is 10.8 Å². The van der Waals surface area contributed by atoms with Crippen LogP contribution in [0.25, 0.3) is 21.9 Å². The molecule has 0 aliphatic carbocycles. The molecule has 3 aromatic rings. The van der Waals surface area contributed by atoms with Crippen molar-refractivity contribution in [1.29, 1.82) is 0 Å². The van der Waals surface area contributed by atoms with Gasteiger partial charge in [-0.05, 0) is 60.2 Å². The highest BCUT2D eigenvalue weighted by Gasteiger charge is 2.11. The molecule has 0 aliphatic rings. The minimum Gasteiger partial charge on any atom is -0.494 e. The Labute approximate surface area is 169 Å². The summed E-state index contributed by atoms with van der Waals surface area (Å²) in [5, 5.41) is 9.99. The molecule has 1 aromatic heterocycles. The summed E-state index contributed by atoms with van der Waals surface area (Å²) in [7, 11) is 0. The number of benzene rings is 2. The Morgan fingerprint density at radius 2 is 1.89 bits per heavy atom. The van der Waals surface area contributed by atoms with Crippen LogP contribution in [0.5, 0.6) is 5.75 Å². The molecule has 28 heavy (non-hydrogen) atoms. The summed E-state index contributed by atoms with van der Waals surface area (Å²) in [6, 6.07) is 15.9. The largest absolute Gasteiger partial charge is 0.494 e. The van der Waals surface area contributed by atoms with E-state index in [4.69, 9.17) is 14.8 Å². The van der Waals surface area contributed by atoms with E-state index in [0.717, 1.165) is 38.5 Å². The number of aliphatic carboxylic acids is 1. The van der Waals surface area contributed by atoms with Gasteiger partial charge >= 0.3 is 5.97 Å². The van der Waals surface area contributed by atoms with Gasteiger partial charge in [0.2, 0.25) is 0 Å². The number of hydrogen-bond donors (Lipinski definition) is 1. The molecule has 0 saturated heterocycles. The number of fused-ring (bicyclic) bond motifs is 1. The summed E-state index contributed by atoms with van der Waals surface area (Å²) in [5.41, 5.74) is 2.89. The molecule has 0 atom stereocenters. The zero-order valence-electron chi connectivity index (χ0n) is 16.2. The second-order valence-electron chi connectivity index (χ2n) is 7.15. The van der Waals surface area contributed by atoms with Crippen LogP contribution in [0.2, 0.25) is 0 Å². The maximum absolute atomic E-state index is 11.1. The fourth-order valence-corrected chi connectivity index (χ4v) is 3.78. The van der Waals surface area contributed by atoms with Crippen LogP contribution < -0.4 is 4.74 Å². The number of hydrogen-bond acceptors (Lipinski definition) is 4. The van der Waals surface area contributed by atoms with Gasteiger partial charge < -0.3 is 9.84 Å². The molecule has 3 rings (SSSR count). The van der Waals surface area contributed by atoms with Gasteiger partial charge in [-0.25, -0.2) is 4.98 Å². The quantitative estimate of drug-likeness (QED) is 0.474. The monoisotopic (exact) mass is 395 g/mol. The SMILES string of the molecule is CC(C)CCOc1ccc(C=C(CCC(=O)O)c2nc3ccccc3s2)cc1. The summed E-state index contributed by atoms with van der Waals surface area (Å²) in [6.07, 6.45) is 3.58. The summed E-state index contributed by atoms with van der Waals surface area (Å²) in [6.45, 7) is 5.07. The van der Waals surface area contributed by atoms with E-state index in [2.05, 4.69) is 13.8 Å². The fraction of sp³-hybridized carbons (Fsp3) is 0.304. The maximum atomic E-state index is 11.1. The van der Waals surface area contributed by atoms with Crippen molar-refractivity contribution in [2.24, 2.45) is 5.92 Å². The lowest BCUT2D eigenvalue weighted by molar-refractivity contribution is -0.136. The Hall–Kier alpha value is -2.66. The third kappa shape index (κ3) is 5.67. The van der Waals surface area contributed by atoms with Crippen molar-refractivity contribution < 1.29 is 14.6 Å². The van der Waals surface area contributed by atoms with Crippen LogP contribution in [0.1, 0.15) is 43.7 Å². The van der Waals surface area contributed by atoms with Crippen molar-refractivity contribution in [1.82, 2.24) is 4.98 Å². The van der Waals surface area contributed by atoms with Gasteiger partial charge in [-0.2, -0.15) is 0 Å². The molecular formula is C23H25NO3S. The van der Waals surface area contributed by atoms with Crippen molar-refractivity contribution in [2.75, 3.05) is 6.61 Å². The summed E-state index contributed by atoms with van der Waals surface area (Å²) in [4.78, 5) is 15.8. The van der Waals surface area contributed by atoms with E-state index in [9.17, 15) is 4.79 Å². The summed E-state index contributed by atoms with van der Waals surface area (Å²) in [5.74, 6) is 0.665. The van der Waals surface area contributed by atoms with Crippen molar-refractivity contribution in [2.45, 2.75) is 33.1 Å². The molecule has 1 heterocycles. The zero-order chi connectivity index (χ0) is 19.9. The molecule has 0 saturated carbocycles. The molecule has 0 aliphatic heterocycles. The number of aromatic nitrogens is 1. The predicted octanol–water partition coefficient (Wildman–Crippen LogP) is 6.13. The normalized spacial score (nSPS) is 11.9. The molecule has 4 nitrogen and oxygen atoms in total. The number of carbonyl (C=O) groups is 1. The molecule has 1 N–H and O–H groups in total. The minimum absolute atomic E-state index is 0.0815. The summed E-state index contributed by atoms with van der Waals surface area (Å²) >= 11 is 1.60. The van der Waals surface area contributed by atoms with Gasteiger partial charge in [0.15, 0.2) is 0 Å². The number of thiazole rings is 1. The lowest BCUT2D eigenvalue weighted by Gasteiger charge is -2.08. The highest BCUT2D eigenvalue weighted by molar-refractivity contribution is 7.19. The van der Waals surface area contributed by atoms with Crippen molar-refractivity contribution in [3.63, 3.8) is 0 Å². The number of ether oxygens (including phenoxy) is 1. The number of allylic oxidation sites excluding steroid dienone is 1. The molecule has 0 radical (unpaired) electrons. The van der Waals surface area contributed by atoms with Gasteiger partial charge in [-0.3, -0.25) is 4.79 Å². The van der Waals surface area contributed by atoms with Crippen molar-refractivity contribution in [3.8, 4) is 5.75 Å². The van der Waals surface area contributed by atoms with E-state index >= 15 is 0 Å². The average Bonchev–Trinajstić information content (AvgIpc) is 3.10. The van der Waals surface area contributed by atoms with E-state index in [0.29, 0.717) is 18.9 Å². The number of para-hydroxylation sites is 1. The molecule has 5 heteroatoms. The van der Waals surface area contributed by atoms with Crippen molar-refractivity contribution in [3.05, 3.63) is 59.1 Å². The molecule has 2 aromatic carbocycles. The molecule has 0 amide bonds. The van der Waals surface area contributed by atoms with E-state index in [-0.39, 0.29) is 6.42 Å². The molecule has 146 valence electrons. The maximum Gasteiger partial charge on any atom is 0.303 e. The van der Waals surface area contributed by atoms with Crippen molar-refractivity contribution >= 4 is 39.2 Å². The highest BCUT2D eigenvalue weighted by atomic mass is 32.1. The third-order valence-electron chi connectivity index (χ3n) is 4.36. The predicted molar refractivity (Wildman–Crippen MR) is 116 cm³/mol. The van der Waals surface area contributed by atoms with Crippen LogP contribution >= 0.6 is 11.3 Å². The minimum atomic E-state index is -0.805. The lowest BCUT2D eigenvalue weighted by Crippen LogP contribution is -2.01. The van der Waals surface area contributed by atoms with Gasteiger partial charge in [0.05, 0.1) is 16.8 Å². The molecule has 0 unspecified atom stereocenters. The first-order chi connectivity index (χ1) is 13.5. The van der Waals surface area contributed by atoms with E-state index in [1.54, 1.807) is 11.3 Å². The van der Waals surface area contributed by atoms with Crippen LogP contribution in [-0.4, -0.2) is 22.7 Å². The molecule has 0 fully saturated rings. The first-order valence-corrected chi connectivity index (χ1v) is 10.3. The number of carboxylic acid groups (broad SMARTS) is 1. The Bertz CT molecular complexity index is 924. The first-order valence-electron chi connectivity index (χ1n) is 9.52. The number of nitrogens with zero attached hydrogens (tertiary/aromatic N) is 1. The lowest BCUT2D eigenvalue weighted by atomic mass is 10.1. The van der Waals surface area contributed by atoms with Gasteiger partial charge in [0.25, 0.3) is 0 Å². The fourth-order valence-electron chi connectivity index (χ4n) is 2.77. The Balaban J connectivity index is 1.81. The zero-order valence-corrected chi connectivity index (χ0v) is 17.0. The second-order valence-corrected chi connectivity index (χ2v) is 8.18. The van der Waals surface area contributed by atoms with E-state index in [1.165, 1.54) is 0 Å².